The first-order chi connectivity index (χ1) is 17.4. The van der Waals surface area contributed by atoms with Crippen LogP contribution in [0.25, 0.3) is 22.3 Å². The Hall–Kier alpha value is -4.09. The lowest BCUT2D eigenvalue weighted by molar-refractivity contribution is 0.212. The fourth-order valence-electron chi connectivity index (χ4n) is 5.01. The van der Waals surface area contributed by atoms with Crippen LogP contribution < -0.4 is 4.90 Å². The molecule has 5 nitrogen and oxygen atoms in total. The number of nitrogens with zero attached hydrogens (tertiary/aromatic N) is 5. The van der Waals surface area contributed by atoms with Crippen molar-refractivity contribution in [2.45, 2.75) is 6.04 Å². The molecule has 0 radical (unpaired) electrons. The van der Waals surface area contributed by atoms with E-state index in [1.54, 1.807) is 12.4 Å². The molecule has 0 aliphatic carbocycles. The lowest BCUT2D eigenvalue weighted by Gasteiger charge is -2.40. The molecule has 0 spiro atoms. The Balaban J connectivity index is 1.31. The molecule has 0 bridgehead atoms. The first-order valence-electron chi connectivity index (χ1n) is 12.1. The van der Waals surface area contributed by atoms with E-state index in [2.05, 4.69) is 93.6 Å². The number of fused-ring (bicyclic) bond motifs is 1. The highest BCUT2D eigenvalue weighted by molar-refractivity contribution is 5.91. The number of piperazine rings is 1. The lowest BCUT2D eigenvalue weighted by Crippen LogP contribution is -2.48. The molecule has 172 valence electrons. The van der Waals surface area contributed by atoms with Crippen molar-refractivity contribution in [3.8, 4) is 11.4 Å². The van der Waals surface area contributed by atoms with E-state index >= 15 is 0 Å². The van der Waals surface area contributed by atoms with Gasteiger partial charge in [0.25, 0.3) is 0 Å². The molecule has 1 aliphatic heterocycles. The molecule has 1 aliphatic rings. The third kappa shape index (κ3) is 4.38. The maximum Gasteiger partial charge on any atom is 0.162 e. The molecule has 0 N–H and O–H groups in total. The van der Waals surface area contributed by atoms with Crippen molar-refractivity contribution in [3.63, 3.8) is 0 Å². The van der Waals surface area contributed by atoms with E-state index in [-0.39, 0.29) is 6.04 Å². The summed E-state index contributed by atoms with van der Waals surface area (Å²) in [5, 5.41) is 1.10. The van der Waals surface area contributed by atoms with E-state index in [1.807, 2.05) is 18.2 Å². The minimum Gasteiger partial charge on any atom is -0.353 e. The standard InChI is InChI=1S/C30H27N5/c1-3-9-23(10-4-1)28(24-11-5-2-6-12-24)34-19-21-35(22-20-34)30-26-13-7-8-14-27(26)32-29(33-30)25-15-17-31-18-16-25/h1-18,28H,19-22H2. The maximum absolute atomic E-state index is 5.05. The van der Waals surface area contributed by atoms with Crippen molar-refractivity contribution < 1.29 is 0 Å². The van der Waals surface area contributed by atoms with E-state index in [0.29, 0.717) is 0 Å². The maximum atomic E-state index is 5.05. The van der Waals surface area contributed by atoms with Gasteiger partial charge in [-0.25, -0.2) is 9.97 Å². The number of rotatable bonds is 5. The van der Waals surface area contributed by atoms with Crippen molar-refractivity contribution in [1.29, 1.82) is 0 Å². The highest BCUT2D eigenvalue weighted by Crippen LogP contribution is 2.32. The predicted octanol–water partition coefficient (Wildman–Crippen LogP) is 5.60. The second kappa shape index (κ2) is 9.65. The minimum atomic E-state index is 0.245. The Bertz CT molecular complexity index is 1360. The fourth-order valence-corrected chi connectivity index (χ4v) is 5.01. The number of hydrogen-bond donors (Lipinski definition) is 0. The first kappa shape index (κ1) is 21.4. The Kier molecular flexibility index (Phi) is 5.91. The molecule has 5 heteroatoms. The molecule has 6 rings (SSSR count). The number of para-hydroxylation sites is 1. The molecule has 3 heterocycles. The summed E-state index contributed by atoms with van der Waals surface area (Å²) in [4.78, 5) is 19.1. The van der Waals surface area contributed by atoms with E-state index in [0.717, 1.165) is 54.3 Å². The van der Waals surface area contributed by atoms with Crippen LogP contribution in [0.1, 0.15) is 17.2 Å². The summed E-state index contributed by atoms with van der Waals surface area (Å²) >= 11 is 0. The van der Waals surface area contributed by atoms with Crippen LogP contribution in [0.2, 0.25) is 0 Å². The second-order valence-electron chi connectivity index (χ2n) is 8.87. The van der Waals surface area contributed by atoms with Crippen LogP contribution >= 0.6 is 0 Å². The van der Waals surface area contributed by atoms with Crippen LogP contribution in [-0.4, -0.2) is 46.0 Å². The van der Waals surface area contributed by atoms with Crippen LogP contribution in [0.5, 0.6) is 0 Å². The summed E-state index contributed by atoms with van der Waals surface area (Å²) in [6, 6.07) is 34.2. The molecule has 5 aromatic rings. The summed E-state index contributed by atoms with van der Waals surface area (Å²) in [5.74, 6) is 1.76. The van der Waals surface area contributed by atoms with Gasteiger partial charge in [-0.15, -0.1) is 0 Å². The molecule has 3 aromatic carbocycles. The fraction of sp³-hybridized carbons (Fsp3) is 0.167. The summed E-state index contributed by atoms with van der Waals surface area (Å²) in [7, 11) is 0. The summed E-state index contributed by atoms with van der Waals surface area (Å²) < 4.78 is 0. The van der Waals surface area contributed by atoms with Crippen molar-refractivity contribution in [2.24, 2.45) is 0 Å². The normalized spacial score (nSPS) is 14.5. The van der Waals surface area contributed by atoms with Crippen molar-refractivity contribution in [3.05, 3.63) is 121 Å². The number of pyridine rings is 1. The Morgan fingerprint density at radius 2 is 1.20 bits per heavy atom. The highest BCUT2D eigenvalue weighted by atomic mass is 15.3. The summed E-state index contributed by atoms with van der Waals surface area (Å²) in [6.07, 6.45) is 3.58. The molecule has 0 unspecified atom stereocenters. The van der Waals surface area contributed by atoms with Gasteiger partial charge in [0.2, 0.25) is 0 Å². The van der Waals surface area contributed by atoms with Crippen LogP contribution in [0.3, 0.4) is 0 Å². The van der Waals surface area contributed by atoms with Crippen LogP contribution in [0.15, 0.2) is 109 Å². The van der Waals surface area contributed by atoms with Crippen molar-refractivity contribution in [1.82, 2.24) is 19.9 Å². The Morgan fingerprint density at radius 1 is 0.600 bits per heavy atom. The molecule has 1 saturated heterocycles. The van der Waals surface area contributed by atoms with Crippen LogP contribution in [0.4, 0.5) is 5.82 Å². The van der Waals surface area contributed by atoms with Gasteiger partial charge in [-0.2, -0.15) is 0 Å². The number of hydrogen-bond acceptors (Lipinski definition) is 5. The summed E-state index contributed by atoms with van der Waals surface area (Å²) in [6.45, 7) is 3.73. The van der Waals surface area contributed by atoms with Gasteiger partial charge in [-0.1, -0.05) is 72.8 Å². The highest BCUT2D eigenvalue weighted by Gasteiger charge is 2.27. The summed E-state index contributed by atoms with van der Waals surface area (Å²) in [5.41, 5.74) is 4.62. The molecule has 0 amide bonds. The number of aromatic nitrogens is 3. The quantitative estimate of drug-likeness (QED) is 0.344. The van der Waals surface area contributed by atoms with Crippen molar-refractivity contribution in [2.75, 3.05) is 31.1 Å². The molecular weight excluding hydrogens is 430 g/mol. The second-order valence-corrected chi connectivity index (χ2v) is 8.87. The van der Waals surface area contributed by atoms with Crippen molar-refractivity contribution >= 4 is 16.7 Å². The molecule has 35 heavy (non-hydrogen) atoms. The minimum absolute atomic E-state index is 0.245. The van der Waals surface area contributed by atoms with E-state index in [1.165, 1.54) is 11.1 Å². The Morgan fingerprint density at radius 3 is 1.86 bits per heavy atom. The first-order valence-corrected chi connectivity index (χ1v) is 12.1. The monoisotopic (exact) mass is 457 g/mol. The molecule has 0 atom stereocenters. The number of benzene rings is 3. The molecule has 1 fully saturated rings. The van der Waals surface area contributed by atoms with Gasteiger partial charge in [0.05, 0.1) is 11.6 Å². The average molecular weight is 458 g/mol. The smallest absolute Gasteiger partial charge is 0.162 e. The molecule has 2 aromatic heterocycles. The van der Waals surface area contributed by atoms with Gasteiger partial charge >= 0.3 is 0 Å². The zero-order valence-corrected chi connectivity index (χ0v) is 19.5. The van der Waals surface area contributed by atoms with Gasteiger partial charge in [-0.3, -0.25) is 9.88 Å². The average Bonchev–Trinajstić information content (AvgIpc) is 2.95. The topological polar surface area (TPSA) is 45.2 Å². The van der Waals surface area contributed by atoms with Gasteiger partial charge < -0.3 is 4.90 Å². The van der Waals surface area contributed by atoms with Crippen LogP contribution in [-0.2, 0) is 0 Å². The third-order valence-corrected chi connectivity index (χ3v) is 6.73. The number of anilines is 1. The largest absolute Gasteiger partial charge is 0.353 e. The van der Waals surface area contributed by atoms with E-state index in [9.17, 15) is 0 Å². The predicted molar refractivity (Wildman–Crippen MR) is 141 cm³/mol. The molecular formula is C30H27N5. The zero-order chi connectivity index (χ0) is 23.5. The molecule has 0 saturated carbocycles. The van der Waals surface area contributed by atoms with Gasteiger partial charge in [-0.05, 0) is 35.4 Å². The van der Waals surface area contributed by atoms with Gasteiger partial charge in [0, 0.05) is 49.5 Å². The lowest BCUT2D eigenvalue weighted by atomic mass is 9.96. The third-order valence-electron chi connectivity index (χ3n) is 6.73. The van der Waals surface area contributed by atoms with Crippen LogP contribution in [0, 0.1) is 0 Å². The Labute approximate surface area is 205 Å². The van der Waals surface area contributed by atoms with Gasteiger partial charge in [0.15, 0.2) is 5.82 Å². The SMILES string of the molecule is c1ccc(C(c2ccccc2)N2CCN(c3nc(-c4ccncc4)nc4ccccc34)CC2)cc1. The van der Waals surface area contributed by atoms with E-state index < -0.39 is 0 Å². The van der Waals surface area contributed by atoms with E-state index in [4.69, 9.17) is 9.97 Å². The zero-order valence-electron chi connectivity index (χ0n) is 19.5. The van der Waals surface area contributed by atoms with Gasteiger partial charge in [0.1, 0.15) is 5.82 Å².